The van der Waals surface area contributed by atoms with E-state index in [2.05, 4.69) is 0 Å². The quantitative estimate of drug-likeness (QED) is 0.797. The Bertz CT molecular complexity index is 625. The Morgan fingerprint density at radius 1 is 1.30 bits per heavy atom. The summed E-state index contributed by atoms with van der Waals surface area (Å²) >= 11 is 0. The van der Waals surface area contributed by atoms with Crippen molar-refractivity contribution in [3.05, 3.63) is 24.3 Å². The summed E-state index contributed by atoms with van der Waals surface area (Å²) in [5.74, 6) is -0.100. The number of rotatable bonds is 7. The molecular formula is C15H21NO6S. The van der Waals surface area contributed by atoms with Crippen LogP contribution in [0.2, 0.25) is 0 Å². The minimum absolute atomic E-state index is 0.215. The van der Waals surface area contributed by atoms with E-state index in [1.54, 1.807) is 24.3 Å². The first-order valence-corrected chi connectivity index (χ1v) is 9.06. The average molecular weight is 343 g/mol. The van der Waals surface area contributed by atoms with Crippen molar-refractivity contribution >= 4 is 15.9 Å². The van der Waals surface area contributed by atoms with Crippen molar-refractivity contribution in [2.24, 2.45) is 0 Å². The number of benzene rings is 1. The van der Waals surface area contributed by atoms with Crippen molar-refractivity contribution < 1.29 is 27.4 Å². The van der Waals surface area contributed by atoms with Crippen LogP contribution in [0.25, 0.3) is 0 Å². The fraction of sp³-hybridized carbons (Fsp3) is 0.533. The van der Waals surface area contributed by atoms with Crippen molar-refractivity contribution in [3.8, 4) is 11.5 Å². The van der Waals surface area contributed by atoms with E-state index >= 15 is 0 Å². The van der Waals surface area contributed by atoms with Gasteiger partial charge in [0.15, 0.2) is 18.1 Å². The van der Waals surface area contributed by atoms with Gasteiger partial charge in [0.05, 0.1) is 19.0 Å². The lowest BCUT2D eigenvalue weighted by Crippen LogP contribution is -2.40. The summed E-state index contributed by atoms with van der Waals surface area (Å²) < 4.78 is 41.7. The maximum Gasteiger partial charge on any atom is 0.271 e. The van der Waals surface area contributed by atoms with Crippen molar-refractivity contribution in [3.63, 3.8) is 0 Å². The molecule has 0 radical (unpaired) electrons. The van der Waals surface area contributed by atoms with E-state index in [1.807, 2.05) is 4.72 Å². The summed E-state index contributed by atoms with van der Waals surface area (Å²) in [6.07, 6.45) is 2.21. The van der Waals surface area contributed by atoms with Gasteiger partial charge in [-0.2, -0.15) is 0 Å². The standard InChI is InChI=1S/C15H21NO6S/c1-20-13-7-2-3-8-14(13)22-10-15(17)16-23(18,19)11-12-6-4-5-9-21-12/h2-3,7-8,12H,4-6,9-11H2,1H3,(H,16,17). The fourth-order valence-electron chi connectivity index (χ4n) is 2.31. The molecule has 1 N–H and O–H groups in total. The SMILES string of the molecule is COc1ccccc1OCC(=O)NS(=O)(=O)CC1CCCCO1. The minimum atomic E-state index is -3.74. The van der Waals surface area contributed by atoms with E-state index in [0.29, 0.717) is 24.5 Å². The first-order valence-electron chi connectivity index (χ1n) is 7.41. The van der Waals surface area contributed by atoms with Crippen LogP contribution in [0.5, 0.6) is 11.5 Å². The Kier molecular flexibility index (Phi) is 6.23. The van der Waals surface area contributed by atoms with Gasteiger partial charge < -0.3 is 14.2 Å². The highest BCUT2D eigenvalue weighted by atomic mass is 32.2. The topological polar surface area (TPSA) is 90.9 Å². The van der Waals surface area contributed by atoms with E-state index < -0.39 is 22.5 Å². The van der Waals surface area contributed by atoms with E-state index in [0.717, 1.165) is 12.8 Å². The number of nitrogens with one attached hydrogen (secondary N) is 1. The summed E-state index contributed by atoms with van der Waals surface area (Å²) in [6.45, 7) is 0.149. The Labute approximate surface area is 136 Å². The molecule has 23 heavy (non-hydrogen) atoms. The number of para-hydroxylation sites is 2. The Morgan fingerprint density at radius 2 is 2.04 bits per heavy atom. The van der Waals surface area contributed by atoms with Gasteiger partial charge in [-0.15, -0.1) is 0 Å². The molecule has 0 aliphatic carbocycles. The zero-order valence-corrected chi connectivity index (χ0v) is 13.8. The molecule has 1 heterocycles. The Hall–Kier alpha value is -1.80. The molecule has 1 saturated heterocycles. The largest absolute Gasteiger partial charge is 0.493 e. The number of ether oxygens (including phenoxy) is 3. The monoisotopic (exact) mass is 343 g/mol. The van der Waals surface area contributed by atoms with E-state index in [1.165, 1.54) is 7.11 Å². The molecule has 1 aliphatic rings. The number of hydrogen-bond donors (Lipinski definition) is 1. The summed E-state index contributed by atoms with van der Waals surface area (Å²) in [5, 5.41) is 0. The number of hydrogen-bond acceptors (Lipinski definition) is 6. The summed E-state index contributed by atoms with van der Waals surface area (Å²) in [7, 11) is -2.25. The second-order valence-electron chi connectivity index (χ2n) is 5.23. The minimum Gasteiger partial charge on any atom is -0.493 e. The highest BCUT2D eigenvalue weighted by Gasteiger charge is 2.23. The van der Waals surface area contributed by atoms with Gasteiger partial charge in [-0.1, -0.05) is 12.1 Å². The summed E-state index contributed by atoms with van der Waals surface area (Å²) in [4.78, 5) is 11.8. The highest BCUT2D eigenvalue weighted by Crippen LogP contribution is 2.25. The highest BCUT2D eigenvalue weighted by molar-refractivity contribution is 7.90. The van der Waals surface area contributed by atoms with Crippen molar-refractivity contribution in [1.82, 2.24) is 4.72 Å². The summed E-state index contributed by atoms with van der Waals surface area (Å²) in [5.41, 5.74) is 0. The van der Waals surface area contributed by atoms with Crippen LogP contribution in [0, 0.1) is 0 Å². The second kappa shape index (κ2) is 8.16. The van der Waals surface area contributed by atoms with Gasteiger partial charge in [0.25, 0.3) is 5.91 Å². The van der Waals surface area contributed by atoms with E-state index in [9.17, 15) is 13.2 Å². The molecule has 0 spiro atoms. The van der Waals surface area contributed by atoms with Crippen LogP contribution >= 0.6 is 0 Å². The van der Waals surface area contributed by atoms with Gasteiger partial charge in [0, 0.05) is 6.61 Å². The maximum atomic E-state index is 12.0. The van der Waals surface area contributed by atoms with Gasteiger partial charge >= 0.3 is 0 Å². The van der Waals surface area contributed by atoms with Gasteiger partial charge in [0.1, 0.15) is 0 Å². The third kappa shape index (κ3) is 5.72. The van der Waals surface area contributed by atoms with Crippen molar-refractivity contribution in [1.29, 1.82) is 0 Å². The summed E-state index contributed by atoms with van der Waals surface area (Å²) in [6, 6.07) is 6.81. The third-order valence-electron chi connectivity index (χ3n) is 3.38. The van der Waals surface area contributed by atoms with Crippen molar-refractivity contribution in [2.45, 2.75) is 25.4 Å². The van der Waals surface area contributed by atoms with Crippen LogP contribution in [-0.2, 0) is 19.6 Å². The van der Waals surface area contributed by atoms with Crippen LogP contribution < -0.4 is 14.2 Å². The number of carbonyl (C=O) groups is 1. The third-order valence-corrected chi connectivity index (χ3v) is 4.73. The lowest BCUT2D eigenvalue weighted by atomic mass is 10.1. The molecule has 1 aliphatic heterocycles. The van der Waals surface area contributed by atoms with Crippen LogP contribution in [0.3, 0.4) is 0 Å². The molecule has 0 aromatic heterocycles. The predicted molar refractivity (Wildman–Crippen MR) is 84.0 cm³/mol. The molecule has 1 amide bonds. The van der Waals surface area contributed by atoms with Gasteiger partial charge in [-0.25, -0.2) is 8.42 Å². The van der Waals surface area contributed by atoms with Crippen LogP contribution in [0.15, 0.2) is 24.3 Å². The zero-order chi connectivity index (χ0) is 16.7. The number of sulfonamides is 1. The Balaban J connectivity index is 1.83. The van der Waals surface area contributed by atoms with E-state index in [4.69, 9.17) is 14.2 Å². The molecule has 128 valence electrons. The number of amides is 1. The normalized spacial score (nSPS) is 18.2. The first kappa shape index (κ1) is 17.6. The number of carbonyl (C=O) groups excluding carboxylic acids is 1. The molecule has 1 unspecified atom stereocenters. The van der Waals surface area contributed by atoms with Crippen LogP contribution in [0.1, 0.15) is 19.3 Å². The molecule has 1 aromatic carbocycles. The molecule has 0 saturated carbocycles. The van der Waals surface area contributed by atoms with Gasteiger partial charge in [-0.3, -0.25) is 9.52 Å². The molecule has 0 bridgehead atoms. The molecular weight excluding hydrogens is 322 g/mol. The van der Waals surface area contributed by atoms with Crippen molar-refractivity contribution in [2.75, 3.05) is 26.1 Å². The lowest BCUT2D eigenvalue weighted by molar-refractivity contribution is -0.121. The first-order chi connectivity index (χ1) is 11.0. The lowest BCUT2D eigenvalue weighted by Gasteiger charge is -2.22. The van der Waals surface area contributed by atoms with Gasteiger partial charge in [-0.05, 0) is 31.4 Å². The van der Waals surface area contributed by atoms with Crippen LogP contribution in [-0.4, -0.2) is 46.5 Å². The predicted octanol–water partition coefficient (Wildman–Crippen LogP) is 1.09. The molecule has 1 aromatic rings. The Morgan fingerprint density at radius 3 is 2.70 bits per heavy atom. The fourth-order valence-corrected chi connectivity index (χ4v) is 3.55. The van der Waals surface area contributed by atoms with Crippen LogP contribution in [0.4, 0.5) is 0 Å². The molecule has 7 nitrogen and oxygen atoms in total. The average Bonchev–Trinajstić information content (AvgIpc) is 2.53. The molecule has 8 heteroatoms. The molecule has 1 fully saturated rings. The maximum absolute atomic E-state index is 12.0. The van der Waals surface area contributed by atoms with E-state index in [-0.39, 0.29) is 11.9 Å². The number of methoxy groups -OCH3 is 1. The molecule has 1 atom stereocenters. The second-order valence-corrected chi connectivity index (χ2v) is 7.00. The smallest absolute Gasteiger partial charge is 0.271 e. The molecule has 2 rings (SSSR count). The van der Waals surface area contributed by atoms with Gasteiger partial charge in [0.2, 0.25) is 10.0 Å². The zero-order valence-electron chi connectivity index (χ0n) is 13.0.